The maximum absolute atomic E-state index is 11.7. The zero-order valence-electron chi connectivity index (χ0n) is 11.5. The standard InChI is InChI=1S/C15H24N2O/c1-3-5-14(12-6-7-12)16-13-8-9-15(18)17(11-13)10-4-2/h8-9,11-12,14,16H,3-7,10H2,1-2H3. The Kier molecular flexibility index (Phi) is 4.45. The van der Waals surface area contributed by atoms with E-state index >= 15 is 0 Å². The van der Waals surface area contributed by atoms with Gasteiger partial charge >= 0.3 is 0 Å². The van der Waals surface area contributed by atoms with Crippen LogP contribution in [-0.2, 0) is 6.54 Å². The van der Waals surface area contributed by atoms with Crippen molar-refractivity contribution in [3.8, 4) is 0 Å². The molecule has 3 heteroatoms. The normalized spacial score (nSPS) is 16.6. The lowest BCUT2D eigenvalue weighted by Crippen LogP contribution is -2.24. The Balaban J connectivity index is 2.07. The molecule has 0 saturated heterocycles. The van der Waals surface area contributed by atoms with Crippen molar-refractivity contribution in [2.24, 2.45) is 5.92 Å². The SMILES string of the molecule is CCCC(Nc1ccc(=O)n(CCC)c1)C1CC1. The van der Waals surface area contributed by atoms with Gasteiger partial charge in [0.25, 0.3) is 5.56 Å². The Morgan fingerprint density at radius 3 is 2.72 bits per heavy atom. The maximum atomic E-state index is 11.7. The van der Waals surface area contributed by atoms with E-state index in [1.807, 2.05) is 12.3 Å². The second kappa shape index (κ2) is 6.07. The van der Waals surface area contributed by atoms with E-state index in [1.165, 1.54) is 25.7 Å². The molecule has 0 aliphatic heterocycles. The second-order valence-electron chi connectivity index (χ2n) is 5.33. The first-order valence-corrected chi connectivity index (χ1v) is 7.21. The van der Waals surface area contributed by atoms with Gasteiger partial charge in [0.2, 0.25) is 0 Å². The minimum absolute atomic E-state index is 0.0980. The number of anilines is 1. The number of nitrogens with one attached hydrogen (secondary N) is 1. The van der Waals surface area contributed by atoms with E-state index in [9.17, 15) is 4.79 Å². The number of hydrogen-bond acceptors (Lipinski definition) is 2. The molecule has 1 aliphatic carbocycles. The smallest absolute Gasteiger partial charge is 0.250 e. The zero-order valence-corrected chi connectivity index (χ0v) is 11.5. The van der Waals surface area contributed by atoms with Crippen LogP contribution in [0.3, 0.4) is 0 Å². The molecule has 1 unspecified atom stereocenters. The summed E-state index contributed by atoms with van der Waals surface area (Å²) in [7, 11) is 0. The molecule has 1 N–H and O–H groups in total. The van der Waals surface area contributed by atoms with E-state index in [0.717, 1.165) is 24.6 Å². The van der Waals surface area contributed by atoms with Crippen LogP contribution in [0, 0.1) is 5.92 Å². The van der Waals surface area contributed by atoms with Crippen molar-refractivity contribution < 1.29 is 0 Å². The topological polar surface area (TPSA) is 34.0 Å². The molecular weight excluding hydrogens is 224 g/mol. The molecule has 18 heavy (non-hydrogen) atoms. The van der Waals surface area contributed by atoms with E-state index < -0.39 is 0 Å². The fourth-order valence-corrected chi connectivity index (χ4v) is 2.48. The van der Waals surface area contributed by atoms with Crippen molar-refractivity contribution in [1.29, 1.82) is 0 Å². The molecule has 100 valence electrons. The average Bonchev–Trinajstić information content (AvgIpc) is 3.17. The van der Waals surface area contributed by atoms with E-state index in [1.54, 1.807) is 10.6 Å². The molecule has 1 heterocycles. The molecule has 1 fully saturated rings. The van der Waals surface area contributed by atoms with Crippen molar-refractivity contribution in [2.45, 2.75) is 58.5 Å². The summed E-state index contributed by atoms with van der Waals surface area (Å²) in [5.74, 6) is 0.844. The van der Waals surface area contributed by atoms with Gasteiger partial charge in [-0.3, -0.25) is 4.79 Å². The van der Waals surface area contributed by atoms with Crippen LogP contribution in [0.2, 0.25) is 0 Å². The Bertz CT molecular complexity index is 434. The third kappa shape index (κ3) is 3.37. The van der Waals surface area contributed by atoms with E-state index in [2.05, 4.69) is 19.2 Å². The molecule has 1 atom stereocenters. The first kappa shape index (κ1) is 13.2. The van der Waals surface area contributed by atoms with Crippen LogP contribution < -0.4 is 10.9 Å². The van der Waals surface area contributed by atoms with Crippen LogP contribution in [-0.4, -0.2) is 10.6 Å². The van der Waals surface area contributed by atoms with Gasteiger partial charge in [0.15, 0.2) is 0 Å². The molecule has 0 bridgehead atoms. The fraction of sp³-hybridized carbons (Fsp3) is 0.667. The fourth-order valence-electron chi connectivity index (χ4n) is 2.48. The lowest BCUT2D eigenvalue weighted by atomic mass is 10.1. The van der Waals surface area contributed by atoms with Crippen molar-refractivity contribution in [3.63, 3.8) is 0 Å². The van der Waals surface area contributed by atoms with E-state index in [0.29, 0.717) is 6.04 Å². The molecule has 3 nitrogen and oxygen atoms in total. The van der Waals surface area contributed by atoms with Gasteiger partial charge in [-0.1, -0.05) is 20.3 Å². The summed E-state index contributed by atoms with van der Waals surface area (Å²) in [5.41, 5.74) is 1.19. The van der Waals surface area contributed by atoms with Crippen molar-refractivity contribution >= 4 is 5.69 Å². The molecule has 1 aliphatic rings. The predicted molar refractivity (Wildman–Crippen MR) is 76.0 cm³/mol. The van der Waals surface area contributed by atoms with Gasteiger partial charge in [0, 0.05) is 24.8 Å². The van der Waals surface area contributed by atoms with Crippen molar-refractivity contribution in [2.75, 3.05) is 5.32 Å². The summed E-state index contributed by atoms with van der Waals surface area (Å²) in [4.78, 5) is 11.7. The van der Waals surface area contributed by atoms with Gasteiger partial charge in [-0.15, -0.1) is 0 Å². The van der Waals surface area contributed by atoms with E-state index in [-0.39, 0.29) is 5.56 Å². The van der Waals surface area contributed by atoms with Crippen LogP contribution >= 0.6 is 0 Å². The highest BCUT2D eigenvalue weighted by molar-refractivity contribution is 5.41. The molecular formula is C15H24N2O. The number of rotatable bonds is 7. The Morgan fingerprint density at radius 2 is 2.11 bits per heavy atom. The number of aryl methyl sites for hydroxylation is 1. The highest BCUT2D eigenvalue weighted by Gasteiger charge is 2.30. The quantitative estimate of drug-likeness (QED) is 0.803. The monoisotopic (exact) mass is 248 g/mol. The summed E-state index contributed by atoms with van der Waals surface area (Å²) in [6.45, 7) is 5.13. The molecule has 2 rings (SSSR count). The number of nitrogens with zero attached hydrogens (tertiary/aromatic N) is 1. The van der Waals surface area contributed by atoms with Crippen molar-refractivity contribution in [3.05, 3.63) is 28.7 Å². The van der Waals surface area contributed by atoms with Gasteiger partial charge in [-0.2, -0.15) is 0 Å². The van der Waals surface area contributed by atoms with Crippen LogP contribution in [0.4, 0.5) is 5.69 Å². The predicted octanol–water partition coefficient (Wildman–Crippen LogP) is 3.25. The molecule has 0 amide bonds. The molecule has 0 aromatic carbocycles. The van der Waals surface area contributed by atoms with Crippen LogP contribution in [0.15, 0.2) is 23.1 Å². The summed E-state index contributed by atoms with van der Waals surface area (Å²) >= 11 is 0. The summed E-state index contributed by atoms with van der Waals surface area (Å²) < 4.78 is 1.80. The number of aromatic nitrogens is 1. The number of pyridine rings is 1. The lowest BCUT2D eigenvalue weighted by molar-refractivity contribution is 0.575. The average molecular weight is 248 g/mol. The van der Waals surface area contributed by atoms with Gasteiger partial charge in [0.05, 0.1) is 5.69 Å². The molecule has 1 aromatic rings. The van der Waals surface area contributed by atoms with Gasteiger partial charge in [-0.05, 0) is 37.7 Å². The zero-order chi connectivity index (χ0) is 13.0. The van der Waals surface area contributed by atoms with Gasteiger partial charge in [-0.25, -0.2) is 0 Å². The van der Waals surface area contributed by atoms with Gasteiger partial charge < -0.3 is 9.88 Å². The van der Waals surface area contributed by atoms with Crippen molar-refractivity contribution in [1.82, 2.24) is 4.57 Å². The Morgan fingerprint density at radius 1 is 1.33 bits per heavy atom. The third-order valence-corrected chi connectivity index (χ3v) is 3.59. The van der Waals surface area contributed by atoms with Crippen LogP contribution in [0.1, 0.15) is 46.0 Å². The van der Waals surface area contributed by atoms with Gasteiger partial charge in [0.1, 0.15) is 0 Å². The second-order valence-corrected chi connectivity index (χ2v) is 5.33. The van der Waals surface area contributed by atoms with Crippen LogP contribution in [0.5, 0.6) is 0 Å². The highest BCUT2D eigenvalue weighted by Crippen LogP contribution is 2.36. The molecule has 1 aromatic heterocycles. The maximum Gasteiger partial charge on any atom is 0.250 e. The largest absolute Gasteiger partial charge is 0.381 e. The Labute approximate surface area is 109 Å². The minimum Gasteiger partial charge on any atom is -0.381 e. The molecule has 0 radical (unpaired) electrons. The van der Waals surface area contributed by atoms with Crippen LogP contribution in [0.25, 0.3) is 0 Å². The summed E-state index contributed by atoms with van der Waals surface area (Å²) in [5, 5.41) is 3.61. The lowest BCUT2D eigenvalue weighted by Gasteiger charge is -2.19. The first-order valence-electron chi connectivity index (χ1n) is 7.21. The number of hydrogen-bond donors (Lipinski definition) is 1. The van der Waals surface area contributed by atoms with E-state index in [4.69, 9.17) is 0 Å². The summed E-state index contributed by atoms with van der Waals surface area (Å²) in [6.07, 6.45) is 8.10. The third-order valence-electron chi connectivity index (χ3n) is 3.59. The highest BCUT2D eigenvalue weighted by atomic mass is 16.1. The summed E-state index contributed by atoms with van der Waals surface area (Å²) in [6, 6.07) is 4.18. The minimum atomic E-state index is 0.0980. The molecule has 0 spiro atoms. The molecule has 1 saturated carbocycles. The Hall–Kier alpha value is -1.25. The first-order chi connectivity index (χ1) is 8.74.